The normalized spacial score (nSPS) is 15.8. The van der Waals surface area contributed by atoms with Gasteiger partial charge in [-0.05, 0) is 17.7 Å². The summed E-state index contributed by atoms with van der Waals surface area (Å²) in [7, 11) is 0. The number of benzene rings is 2. The minimum Gasteiger partial charge on any atom is -0.360 e. The fourth-order valence-electron chi connectivity index (χ4n) is 2.89. The highest BCUT2D eigenvalue weighted by Gasteiger charge is 2.18. The second-order valence-electron chi connectivity index (χ2n) is 5.67. The van der Waals surface area contributed by atoms with Crippen molar-refractivity contribution in [2.24, 2.45) is 0 Å². The number of hydrogen-bond donors (Lipinski definition) is 0. The Morgan fingerprint density at radius 3 is 2.05 bits per heavy atom. The van der Waals surface area contributed by atoms with Gasteiger partial charge in [-0.25, -0.2) is 0 Å². The summed E-state index contributed by atoms with van der Waals surface area (Å²) in [6.45, 7) is 7.64. The molecule has 3 heteroatoms. The molecule has 0 amide bonds. The smallest absolute Gasteiger partial charge is 0.109 e. The Balaban J connectivity index is 1.69. The van der Waals surface area contributed by atoms with Crippen LogP contribution < -0.4 is 0 Å². The van der Waals surface area contributed by atoms with Crippen molar-refractivity contribution in [1.29, 1.82) is 0 Å². The van der Waals surface area contributed by atoms with Gasteiger partial charge in [-0.3, -0.25) is 0 Å². The molecule has 0 spiro atoms. The van der Waals surface area contributed by atoms with Gasteiger partial charge in [0, 0.05) is 31.7 Å². The number of nitrogens with zero attached hydrogens (tertiary/aromatic N) is 2. The highest BCUT2D eigenvalue weighted by Crippen LogP contribution is 2.20. The van der Waals surface area contributed by atoms with Gasteiger partial charge < -0.3 is 9.80 Å². The maximum atomic E-state index is 5.68. The third-order valence-electron chi connectivity index (χ3n) is 4.35. The van der Waals surface area contributed by atoms with Crippen molar-refractivity contribution in [1.82, 2.24) is 9.80 Å². The molecule has 2 aromatic carbocycles. The van der Waals surface area contributed by atoms with Gasteiger partial charge in [0.25, 0.3) is 0 Å². The third-order valence-corrected chi connectivity index (χ3v) is 4.84. The van der Waals surface area contributed by atoms with Gasteiger partial charge in [-0.15, -0.1) is 0 Å². The lowest BCUT2D eigenvalue weighted by Gasteiger charge is -2.35. The summed E-state index contributed by atoms with van der Waals surface area (Å²) in [5.74, 6) is 0. The fourth-order valence-corrected chi connectivity index (χ4v) is 3.20. The maximum absolute atomic E-state index is 5.68. The first kappa shape index (κ1) is 15.2. The van der Waals surface area contributed by atoms with Crippen LogP contribution in [-0.2, 0) is 0 Å². The zero-order valence-corrected chi connectivity index (χ0v) is 13.9. The SMILES string of the molecule is CCN1CCN(C(=S)c2ccc(-c3ccccc3)cc2)CC1. The molecule has 1 aliphatic rings. The van der Waals surface area contributed by atoms with E-state index in [-0.39, 0.29) is 0 Å². The predicted octanol–water partition coefficient (Wildman–Crippen LogP) is 3.67. The lowest BCUT2D eigenvalue weighted by Crippen LogP contribution is -2.48. The van der Waals surface area contributed by atoms with Gasteiger partial charge in [-0.1, -0.05) is 73.7 Å². The first-order valence-corrected chi connectivity index (χ1v) is 8.36. The number of piperazine rings is 1. The summed E-state index contributed by atoms with van der Waals surface area (Å²) < 4.78 is 0. The molecular weight excluding hydrogens is 288 g/mol. The largest absolute Gasteiger partial charge is 0.360 e. The van der Waals surface area contributed by atoms with Crippen LogP contribution in [0, 0.1) is 0 Å². The Bertz CT molecular complexity index is 614. The van der Waals surface area contributed by atoms with E-state index in [0.29, 0.717) is 0 Å². The summed E-state index contributed by atoms with van der Waals surface area (Å²) >= 11 is 5.68. The standard InChI is InChI=1S/C19H22N2S/c1-2-20-12-14-21(15-13-20)19(22)18-10-8-17(9-11-18)16-6-4-3-5-7-16/h3-11H,2,12-15H2,1H3. The molecule has 0 bridgehead atoms. The van der Waals surface area contributed by atoms with Gasteiger partial charge in [0.2, 0.25) is 0 Å². The van der Waals surface area contributed by atoms with Crippen LogP contribution in [0.3, 0.4) is 0 Å². The molecule has 1 fully saturated rings. The van der Waals surface area contributed by atoms with Crippen LogP contribution in [-0.4, -0.2) is 47.5 Å². The minimum absolute atomic E-state index is 0.982. The third kappa shape index (κ3) is 3.37. The number of hydrogen-bond acceptors (Lipinski definition) is 2. The molecule has 22 heavy (non-hydrogen) atoms. The summed E-state index contributed by atoms with van der Waals surface area (Å²) in [6, 6.07) is 19.1. The summed E-state index contributed by atoms with van der Waals surface area (Å²) in [5.41, 5.74) is 3.64. The molecule has 114 valence electrons. The molecule has 0 unspecified atom stereocenters. The Kier molecular flexibility index (Phi) is 4.86. The van der Waals surface area contributed by atoms with E-state index in [1.165, 1.54) is 11.1 Å². The van der Waals surface area contributed by atoms with Crippen LogP contribution in [0.1, 0.15) is 12.5 Å². The van der Waals surface area contributed by atoms with Gasteiger partial charge in [-0.2, -0.15) is 0 Å². The van der Waals surface area contributed by atoms with Crippen molar-refractivity contribution >= 4 is 17.2 Å². The van der Waals surface area contributed by atoms with Crippen molar-refractivity contribution in [3.63, 3.8) is 0 Å². The monoisotopic (exact) mass is 310 g/mol. The van der Waals surface area contributed by atoms with Crippen molar-refractivity contribution in [3.05, 3.63) is 60.2 Å². The second kappa shape index (κ2) is 7.03. The van der Waals surface area contributed by atoms with Gasteiger partial charge in [0.05, 0.1) is 0 Å². The fraction of sp³-hybridized carbons (Fsp3) is 0.316. The van der Waals surface area contributed by atoms with Crippen LogP contribution in [0.2, 0.25) is 0 Å². The Morgan fingerprint density at radius 2 is 1.45 bits per heavy atom. The Morgan fingerprint density at radius 1 is 0.864 bits per heavy atom. The molecule has 0 aliphatic carbocycles. The number of rotatable bonds is 3. The highest BCUT2D eigenvalue weighted by molar-refractivity contribution is 7.80. The van der Waals surface area contributed by atoms with E-state index >= 15 is 0 Å². The molecule has 1 heterocycles. The molecule has 2 aromatic rings. The van der Waals surface area contributed by atoms with E-state index < -0.39 is 0 Å². The van der Waals surface area contributed by atoms with Gasteiger partial charge in [0.15, 0.2) is 0 Å². The van der Waals surface area contributed by atoms with Crippen LogP contribution in [0.25, 0.3) is 11.1 Å². The van der Waals surface area contributed by atoms with Crippen molar-refractivity contribution in [2.45, 2.75) is 6.92 Å². The number of likely N-dealkylation sites (N-methyl/N-ethyl adjacent to an activating group) is 1. The predicted molar refractivity (Wildman–Crippen MR) is 97.3 cm³/mol. The van der Waals surface area contributed by atoms with E-state index in [2.05, 4.69) is 65.3 Å². The van der Waals surface area contributed by atoms with Crippen LogP contribution in [0.5, 0.6) is 0 Å². The summed E-state index contributed by atoms with van der Waals surface area (Å²) in [4.78, 5) is 5.78. The van der Waals surface area contributed by atoms with Gasteiger partial charge in [0.1, 0.15) is 4.99 Å². The zero-order chi connectivity index (χ0) is 15.4. The molecule has 0 aromatic heterocycles. The molecular formula is C19H22N2S. The van der Waals surface area contributed by atoms with E-state index in [0.717, 1.165) is 43.3 Å². The molecule has 1 aliphatic heterocycles. The first-order chi connectivity index (χ1) is 10.8. The Hall–Kier alpha value is -1.71. The van der Waals surface area contributed by atoms with Crippen molar-refractivity contribution in [2.75, 3.05) is 32.7 Å². The van der Waals surface area contributed by atoms with E-state index in [1.54, 1.807) is 0 Å². The van der Waals surface area contributed by atoms with Crippen molar-refractivity contribution < 1.29 is 0 Å². The lowest BCUT2D eigenvalue weighted by atomic mass is 10.0. The van der Waals surface area contributed by atoms with Crippen LogP contribution in [0.15, 0.2) is 54.6 Å². The average Bonchev–Trinajstić information content (AvgIpc) is 2.62. The molecule has 0 N–H and O–H groups in total. The molecule has 2 nitrogen and oxygen atoms in total. The summed E-state index contributed by atoms with van der Waals surface area (Å²) in [5, 5.41) is 0. The van der Waals surface area contributed by atoms with Crippen molar-refractivity contribution in [3.8, 4) is 11.1 Å². The average molecular weight is 310 g/mol. The van der Waals surface area contributed by atoms with E-state index in [4.69, 9.17) is 12.2 Å². The van der Waals surface area contributed by atoms with E-state index in [1.807, 2.05) is 6.07 Å². The van der Waals surface area contributed by atoms with E-state index in [9.17, 15) is 0 Å². The first-order valence-electron chi connectivity index (χ1n) is 7.95. The topological polar surface area (TPSA) is 6.48 Å². The zero-order valence-electron chi connectivity index (χ0n) is 13.0. The molecule has 3 rings (SSSR count). The molecule has 1 saturated heterocycles. The molecule has 0 atom stereocenters. The van der Waals surface area contributed by atoms with Crippen LogP contribution >= 0.6 is 12.2 Å². The molecule has 0 saturated carbocycles. The number of thiocarbonyl (C=S) groups is 1. The highest BCUT2D eigenvalue weighted by atomic mass is 32.1. The second-order valence-corrected chi connectivity index (χ2v) is 6.06. The quantitative estimate of drug-likeness (QED) is 0.799. The molecule has 0 radical (unpaired) electrons. The van der Waals surface area contributed by atoms with Crippen LogP contribution in [0.4, 0.5) is 0 Å². The summed E-state index contributed by atoms with van der Waals surface area (Å²) in [6.07, 6.45) is 0. The Labute approximate surface area is 138 Å². The maximum Gasteiger partial charge on any atom is 0.109 e. The van der Waals surface area contributed by atoms with Gasteiger partial charge >= 0.3 is 0 Å². The minimum atomic E-state index is 0.982. The lowest BCUT2D eigenvalue weighted by molar-refractivity contribution is 0.192.